The Kier molecular flexibility index (Phi) is 14.0. The van der Waals surface area contributed by atoms with E-state index in [-0.39, 0.29) is 24.1 Å². The Morgan fingerprint density at radius 1 is 0.750 bits per heavy atom. The number of hydrogen-bond donors (Lipinski definition) is 0. The number of esters is 2. The Morgan fingerprint density at radius 2 is 1.08 bits per heavy atom. The summed E-state index contributed by atoms with van der Waals surface area (Å²) in [5, 5.41) is 0. The average molecular weight is 338 g/mol. The summed E-state index contributed by atoms with van der Waals surface area (Å²) in [5.41, 5.74) is 0. The minimum absolute atomic E-state index is 0.0797. The van der Waals surface area contributed by atoms with Crippen LogP contribution in [0.3, 0.4) is 0 Å². The van der Waals surface area contributed by atoms with Crippen molar-refractivity contribution in [1.29, 1.82) is 0 Å². The Balaban J connectivity index is 3.44. The van der Waals surface area contributed by atoms with Crippen LogP contribution in [0.4, 0.5) is 0 Å². The van der Waals surface area contributed by atoms with Gasteiger partial charge in [0.25, 0.3) is 0 Å². The second kappa shape index (κ2) is 15.0. The van der Waals surface area contributed by atoms with Crippen molar-refractivity contribution >= 4 is 11.9 Å². The zero-order valence-electron chi connectivity index (χ0n) is 15.4. The van der Waals surface area contributed by atoms with Crippen molar-refractivity contribution in [2.75, 3.05) is 0 Å². The van der Waals surface area contributed by atoms with E-state index in [1.807, 2.05) is 13.8 Å². The third kappa shape index (κ3) is 14.0. The lowest BCUT2D eigenvalue weighted by Crippen LogP contribution is -2.13. The van der Waals surface area contributed by atoms with Gasteiger partial charge in [0.05, 0.1) is 0 Å². The molecule has 0 aliphatic heterocycles. The molecule has 0 spiro atoms. The first-order valence-electron chi connectivity index (χ1n) is 9.10. The lowest BCUT2D eigenvalue weighted by molar-refractivity contribution is -0.149. The van der Waals surface area contributed by atoms with Gasteiger partial charge in [-0.3, -0.25) is 9.59 Å². The highest BCUT2D eigenvalue weighted by Gasteiger charge is 2.08. The average Bonchev–Trinajstić information content (AvgIpc) is 2.50. The van der Waals surface area contributed by atoms with Crippen molar-refractivity contribution in [2.24, 2.45) is 0 Å². The molecule has 0 saturated carbocycles. The van der Waals surface area contributed by atoms with E-state index in [2.05, 4.69) is 13.2 Å². The van der Waals surface area contributed by atoms with E-state index in [9.17, 15) is 9.59 Å². The smallest absolute Gasteiger partial charge is 0.306 e. The molecule has 0 aliphatic carbocycles. The number of carbonyl (C=O) groups is 2. The summed E-state index contributed by atoms with van der Waals surface area (Å²) in [5.74, 6) is -0.249. The number of rotatable bonds is 15. The van der Waals surface area contributed by atoms with Gasteiger partial charge in [-0.2, -0.15) is 0 Å². The van der Waals surface area contributed by atoms with Crippen molar-refractivity contribution in [3.05, 3.63) is 25.3 Å². The van der Waals surface area contributed by atoms with E-state index >= 15 is 0 Å². The molecule has 0 amide bonds. The normalized spacial score (nSPS) is 12.9. The van der Waals surface area contributed by atoms with E-state index in [1.165, 1.54) is 0 Å². The fraction of sp³-hybridized carbons (Fsp3) is 0.700. The van der Waals surface area contributed by atoms with Gasteiger partial charge in [0.2, 0.25) is 0 Å². The molecule has 2 unspecified atom stereocenters. The molecule has 0 N–H and O–H groups in total. The second-order valence-corrected chi connectivity index (χ2v) is 6.27. The van der Waals surface area contributed by atoms with Crippen LogP contribution in [0.2, 0.25) is 0 Å². The molecule has 4 heteroatoms. The number of carbonyl (C=O) groups excluding carboxylic acids is 2. The van der Waals surface area contributed by atoms with E-state index in [4.69, 9.17) is 9.47 Å². The zero-order chi connectivity index (χ0) is 18.2. The first-order chi connectivity index (χ1) is 11.5. The number of hydrogen-bond acceptors (Lipinski definition) is 4. The molecule has 0 radical (unpaired) electrons. The van der Waals surface area contributed by atoms with Crippen LogP contribution in [0.1, 0.15) is 78.1 Å². The van der Waals surface area contributed by atoms with Gasteiger partial charge < -0.3 is 9.47 Å². The lowest BCUT2D eigenvalue weighted by atomic mass is 10.1. The summed E-state index contributed by atoms with van der Waals surface area (Å²) in [6.45, 7) is 11.0. The quantitative estimate of drug-likeness (QED) is 0.236. The molecule has 0 rings (SSSR count). The molecule has 0 aromatic heterocycles. The van der Waals surface area contributed by atoms with Crippen molar-refractivity contribution in [1.82, 2.24) is 0 Å². The fourth-order valence-corrected chi connectivity index (χ4v) is 2.38. The molecule has 0 fully saturated rings. The van der Waals surface area contributed by atoms with Crippen molar-refractivity contribution in [3.8, 4) is 0 Å². The van der Waals surface area contributed by atoms with Crippen LogP contribution in [0.5, 0.6) is 0 Å². The van der Waals surface area contributed by atoms with E-state index in [0.717, 1.165) is 38.5 Å². The van der Waals surface area contributed by atoms with Gasteiger partial charge in [-0.05, 0) is 26.7 Å². The van der Waals surface area contributed by atoms with Crippen LogP contribution in [-0.4, -0.2) is 24.1 Å². The molecule has 138 valence electrons. The first-order valence-corrected chi connectivity index (χ1v) is 9.10. The predicted octanol–water partition coefficient (Wildman–Crippen LogP) is 5.12. The third-order valence-electron chi connectivity index (χ3n) is 3.67. The standard InChI is InChI=1S/C20H34O4/c1-5-13-17(3)23-19(21)15-11-9-7-8-10-12-16-20(22)24-18(4)14-6-2/h5-6,17-18H,1-2,7-16H2,3-4H3. The summed E-state index contributed by atoms with van der Waals surface area (Å²) in [4.78, 5) is 23.1. The second-order valence-electron chi connectivity index (χ2n) is 6.27. The van der Waals surface area contributed by atoms with E-state index in [1.54, 1.807) is 12.2 Å². The Bertz CT molecular complexity index is 340. The minimum atomic E-state index is -0.124. The van der Waals surface area contributed by atoms with Crippen LogP contribution in [0.25, 0.3) is 0 Å². The molecular weight excluding hydrogens is 304 g/mol. The first kappa shape index (κ1) is 22.4. The van der Waals surface area contributed by atoms with Crippen LogP contribution in [0.15, 0.2) is 25.3 Å². The highest BCUT2D eigenvalue weighted by molar-refractivity contribution is 5.69. The fourth-order valence-electron chi connectivity index (χ4n) is 2.38. The third-order valence-corrected chi connectivity index (χ3v) is 3.67. The predicted molar refractivity (Wildman–Crippen MR) is 97.7 cm³/mol. The molecule has 24 heavy (non-hydrogen) atoms. The van der Waals surface area contributed by atoms with Gasteiger partial charge in [0, 0.05) is 25.7 Å². The minimum Gasteiger partial charge on any atom is -0.462 e. The summed E-state index contributed by atoms with van der Waals surface area (Å²) < 4.78 is 10.5. The van der Waals surface area contributed by atoms with Gasteiger partial charge in [-0.15, -0.1) is 13.2 Å². The Hall–Kier alpha value is -1.58. The van der Waals surface area contributed by atoms with Gasteiger partial charge in [0.15, 0.2) is 0 Å². The van der Waals surface area contributed by atoms with E-state index < -0.39 is 0 Å². The Morgan fingerprint density at radius 3 is 1.42 bits per heavy atom. The number of ether oxygens (including phenoxy) is 2. The van der Waals surface area contributed by atoms with E-state index in [0.29, 0.717) is 25.7 Å². The van der Waals surface area contributed by atoms with Crippen molar-refractivity contribution < 1.29 is 19.1 Å². The molecule has 0 heterocycles. The van der Waals surface area contributed by atoms with Gasteiger partial charge in [0.1, 0.15) is 12.2 Å². The summed E-state index contributed by atoms with van der Waals surface area (Å²) in [6, 6.07) is 0. The SMILES string of the molecule is C=CCC(C)OC(=O)CCCCCCCCC(=O)OC(C)CC=C. The molecule has 0 bridgehead atoms. The lowest BCUT2D eigenvalue weighted by Gasteiger charge is -2.11. The van der Waals surface area contributed by atoms with Gasteiger partial charge in [-0.25, -0.2) is 0 Å². The van der Waals surface area contributed by atoms with Crippen LogP contribution in [-0.2, 0) is 19.1 Å². The van der Waals surface area contributed by atoms with Crippen LogP contribution < -0.4 is 0 Å². The monoisotopic (exact) mass is 338 g/mol. The van der Waals surface area contributed by atoms with Crippen LogP contribution >= 0.6 is 0 Å². The van der Waals surface area contributed by atoms with Crippen molar-refractivity contribution in [2.45, 2.75) is 90.3 Å². The maximum Gasteiger partial charge on any atom is 0.306 e. The molecule has 0 aromatic rings. The highest BCUT2D eigenvalue weighted by Crippen LogP contribution is 2.11. The number of unbranched alkanes of at least 4 members (excludes halogenated alkanes) is 5. The highest BCUT2D eigenvalue weighted by atomic mass is 16.5. The maximum atomic E-state index is 11.6. The molecule has 0 aliphatic rings. The summed E-state index contributed by atoms with van der Waals surface area (Å²) in [6.07, 6.45) is 11.6. The largest absolute Gasteiger partial charge is 0.462 e. The summed E-state index contributed by atoms with van der Waals surface area (Å²) >= 11 is 0. The molecule has 0 saturated heterocycles. The summed E-state index contributed by atoms with van der Waals surface area (Å²) in [7, 11) is 0. The van der Waals surface area contributed by atoms with Gasteiger partial charge in [-0.1, -0.05) is 37.8 Å². The molecular formula is C20H34O4. The molecule has 0 aromatic carbocycles. The molecule has 2 atom stereocenters. The maximum absolute atomic E-state index is 11.6. The Labute approximate surface area is 147 Å². The molecule has 4 nitrogen and oxygen atoms in total. The topological polar surface area (TPSA) is 52.6 Å². The van der Waals surface area contributed by atoms with Gasteiger partial charge >= 0.3 is 11.9 Å². The van der Waals surface area contributed by atoms with Crippen LogP contribution in [0, 0.1) is 0 Å². The zero-order valence-corrected chi connectivity index (χ0v) is 15.4. The van der Waals surface area contributed by atoms with Crippen molar-refractivity contribution in [3.63, 3.8) is 0 Å².